The van der Waals surface area contributed by atoms with Gasteiger partial charge in [0.15, 0.2) is 0 Å². The van der Waals surface area contributed by atoms with Crippen LogP contribution in [0.4, 0.5) is 4.79 Å². The molecule has 0 saturated heterocycles. The summed E-state index contributed by atoms with van der Waals surface area (Å²) in [6, 6.07) is 17.3. The topological polar surface area (TPSA) is 50.4 Å². The quantitative estimate of drug-likeness (QED) is 0.781. The molecule has 0 fully saturated rings. The van der Waals surface area contributed by atoms with Crippen LogP contribution in [-0.2, 0) is 4.74 Å². The minimum Gasteiger partial charge on any atom is -0.449 e. The van der Waals surface area contributed by atoms with E-state index in [-0.39, 0.29) is 18.1 Å². The van der Waals surface area contributed by atoms with E-state index in [9.17, 15) is 4.79 Å². The summed E-state index contributed by atoms with van der Waals surface area (Å²) in [6.45, 7) is 7.47. The molecule has 1 aliphatic carbocycles. The van der Waals surface area contributed by atoms with Crippen molar-refractivity contribution in [3.05, 3.63) is 59.7 Å². The highest BCUT2D eigenvalue weighted by atomic mass is 16.5. The van der Waals surface area contributed by atoms with Gasteiger partial charge in [0.25, 0.3) is 0 Å². The van der Waals surface area contributed by atoms with Crippen LogP contribution in [0.3, 0.4) is 0 Å². The number of rotatable bonds is 7. The van der Waals surface area contributed by atoms with Crippen molar-refractivity contribution < 1.29 is 9.53 Å². The Labute approximate surface area is 156 Å². The fourth-order valence-electron chi connectivity index (χ4n) is 3.50. The molecule has 2 aromatic carbocycles. The molecule has 26 heavy (non-hydrogen) atoms. The monoisotopic (exact) mass is 352 g/mol. The first-order valence-corrected chi connectivity index (χ1v) is 9.41. The van der Waals surface area contributed by atoms with Gasteiger partial charge in [0.1, 0.15) is 6.61 Å². The fourth-order valence-corrected chi connectivity index (χ4v) is 3.50. The van der Waals surface area contributed by atoms with E-state index in [0.717, 1.165) is 13.0 Å². The third-order valence-electron chi connectivity index (χ3n) is 4.84. The van der Waals surface area contributed by atoms with Gasteiger partial charge >= 0.3 is 6.09 Å². The minimum absolute atomic E-state index is 0.0805. The molecule has 1 aliphatic rings. The average molecular weight is 352 g/mol. The molecular weight excluding hydrogens is 324 g/mol. The second-order valence-electron chi connectivity index (χ2n) is 7.27. The molecule has 1 atom stereocenters. The van der Waals surface area contributed by atoms with Gasteiger partial charge in [-0.3, -0.25) is 0 Å². The molecule has 0 unspecified atom stereocenters. The number of fused-ring (bicyclic) bond motifs is 3. The molecule has 0 spiro atoms. The van der Waals surface area contributed by atoms with Crippen molar-refractivity contribution >= 4 is 6.09 Å². The average Bonchev–Trinajstić information content (AvgIpc) is 2.93. The van der Waals surface area contributed by atoms with E-state index in [0.29, 0.717) is 12.6 Å². The van der Waals surface area contributed by atoms with Gasteiger partial charge in [0, 0.05) is 18.0 Å². The number of nitrogens with one attached hydrogen (secondary N) is 2. The number of ether oxygens (including phenoxy) is 1. The largest absolute Gasteiger partial charge is 0.449 e. The maximum Gasteiger partial charge on any atom is 0.407 e. The van der Waals surface area contributed by atoms with Gasteiger partial charge in [0.2, 0.25) is 0 Å². The Hall–Kier alpha value is -2.33. The Morgan fingerprint density at radius 2 is 1.58 bits per heavy atom. The molecule has 0 aliphatic heterocycles. The Morgan fingerprint density at radius 3 is 2.15 bits per heavy atom. The molecule has 1 amide bonds. The van der Waals surface area contributed by atoms with Gasteiger partial charge in [-0.1, -0.05) is 62.4 Å². The van der Waals surface area contributed by atoms with Crippen molar-refractivity contribution in [2.24, 2.45) is 0 Å². The third kappa shape index (κ3) is 4.25. The van der Waals surface area contributed by atoms with Gasteiger partial charge in [-0.05, 0) is 42.1 Å². The number of carbonyl (C=O) groups is 1. The van der Waals surface area contributed by atoms with Crippen LogP contribution >= 0.6 is 0 Å². The summed E-state index contributed by atoms with van der Waals surface area (Å²) in [5, 5.41) is 6.28. The van der Waals surface area contributed by atoms with Crippen molar-refractivity contribution in [2.45, 2.75) is 45.2 Å². The highest BCUT2D eigenvalue weighted by Gasteiger charge is 2.29. The van der Waals surface area contributed by atoms with Crippen LogP contribution in [-0.4, -0.2) is 31.3 Å². The maximum absolute atomic E-state index is 12.2. The van der Waals surface area contributed by atoms with Gasteiger partial charge in [-0.25, -0.2) is 4.79 Å². The van der Waals surface area contributed by atoms with Crippen molar-refractivity contribution in [2.75, 3.05) is 13.2 Å². The third-order valence-corrected chi connectivity index (χ3v) is 4.84. The van der Waals surface area contributed by atoms with Gasteiger partial charge in [0.05, 0.1) is 0 Å². The van der Waals surface area contributed by atoms with Crippen LogP contribution in [0.1, 0.15) is 44.2 Å². The normalized spacial score (nSPS) is 14.0. The second kappa shape index (κ2) is 8.37. The zero-order valence-corrected chi connectivity index (χ0v) is 15.8. The first kappa shape index (κ1) is 18.5. The highest BCUT2D eigenvalue weighted by Crippen LogP contribution is 2.44. The number of benzene rings is 2. The number of hydrogen-bond acceptors (Lipinski definition) is 3. The molecule has 4 nitrogen and oxygen atoms in total. The molecule has 2 aromatic rings. The van der Waals surface area contributed by atoms with E-state index in [1.807, 2.05) is 19.1 Å². The van der Waals surface area contributed by atoms with E-state index >= 15 is 0 Å². The first-order chi connectivity index (χ1) is 12.6. The number of alkyl carbamates (subject to hydrolysis) is 1. The molecule has 3 rings (SSSR count). The first-order valence-electron chi connectivity index (χ1n) is 9.41. The van der Waals surface area contributed by atoms with E-state index in [1.54, 1.807) is 0 Å². The zero-order chi connectivity index (χ0) is 18.5. The second-order valence-corrected chi connectivity index (χ2v) is 7.27. The molecule has 4 heteroatoms. The van der Waals surface area contributed by atoms with Crippen molar-refractivity contribution in [3.8, 4) is 11.1 Å². The zero-order valence-electron chi connectivity index (χ0n) is 15.8. The molecule has 0 radical (unpaired) electrons. The van der Waals surface area contributed by atoms with Gasteiger partial charge in [-0.2, -0.15) is 0 Å². The Balaban J connectivity index is 1.57. The summed E-state index contributed by atoms with van der Waals surface area (Å²) in [6.07, 6.45) is 0.534. The summed E-state index contributed by atoms with van der Waals surface area (Å²) < 4.78 is 5.57. The molecule has 0 saturated carbocycles. The lowest BCUT2D eigenvalue weighted by molar-refractivity contribution is 0.139. The molecule has 2 N–H and O–H groups in total. The maximum atomic E-state index is 12.2. The lowest BCUT2D eigenvalue weighted by Gasteiger charge is -2.18. The highest BCUT2D eigenvalue weighted by molar-refractivity contribution is 5.79. The summed E-state index contributed by atoms with van der Waals surface area (Å²) >= 11 is 0. The summed E-state index contributed by atoms with van der Waals surface area (Å²) in [4.78, 5) is 12.2. The van der Waals surface area contributed by atoms with Crippen LogP contribution in [0.2, 0.25) is 0 Å². The van der Waals surface area contributed by atoms with E-state index in [2.05, 4.69) is 60.9 Å². The van der Waals surface area contributed by atoms with Crippen LogP contribution < -0.4 is 10.6 Å². The van der Waals surface area contributed by atoms with Crippen LogP contribution in [0.25, 0.3) is 11.1 Å². The molecule has 0 aromatic heterocycles. The van der Waals surface area contributed by atoms with Crippen molar-refractivity contribution in [3.63, 3.8) is 0 Å². The van der Waals surface area contributed by atoms with Gasteiger partial charge < -0.3 is 15.4 Å². The number of carbonyl (C=O) groups excluding carboxylic acids is 1. The number of amides is 1. The fraction of sp³-hybridized carbons (Fsp3) is 0.409. The summed E-state index contributed by atoms with van der Waals surface area (Å²) in [7, 11) is 0. The standard InChI is InChI=1S/C22H28N2O2/c1-15(2)23-13-12-16(3)24-22(25)26-14-21-19-10-6-4-8-17(19)18-9-5-7-11-20(18)21/h4-11,15-16,21,23H,12-14H2,1-3H3,(H,24,25)/t16-/m0/s1. The lowest BCUT2D eigenvalue weighted by Crippen LogP contribution is -2.36. The SMILES string of the molecule is CC(C)NCC[C@H](C)NC(=O)OCC1c2ccccc2-c2ccccc21. The Kier molecular flexibility index (Phi) is 5.94. The number of hydrogen-bond donors (Lipinski definition) is 2. The molecular formula is C22H28N2O2. The molecule has 0 bridgehead atoms. The van der Waals surface area contributed by atoms with Crippen LogP contribution in [0.5, 0.6) is 0 Å². The van der Waals surface area contributed by atoms with E-state index in [4.69, 9.17) is 4.74 Å². The molecule has 0 heterocycles. The molecule has 138 valence electrons. The Morgan fingerprint density at radius 1 is 1.00 bits per heavy atom. The smallest absolute Gasteiger partial charge is 0.407 e. The van der Waals surface area contributed by atoms with Crippen LogP contribution in [0, 0.1) is 0 Å². The van der Waals surface area contributed by atoms with E-state index < -0.39 is 0 Å². The van der Waals surface area contributed by atoms with Gasteiger partial charge in [-0.15, -0.1) is 0 Å². The van der Waals surface area contributed by atoms with Crippen molar-refractivity contribution in [1.29, 1.82) is 0 Å². The summed E-state index contributed by atoms with van der Waals surface area (Å²) in [5.74, 6) is 0.103. The van der Waals surface area contributed by atoms with Crippen LogP contribution in [0.15, 0.2) is 48.5 Å². The van der Waals surface area contributed by atoms with E-state index in [1.165, 1.54) is 22.3 Å². The minimum atomic E-state index is -0.344. The predicted octanol–water partition coefficient (Wildman–Crippen LogP) is 4.30. The lowest BCUT2D eigenvalue weighted by atomic mass is 9.98. The Bertz CT molecular complexity index is 712. The van der Waals surface area contributed by atoms with Crippen molar-refractivity contribution in [1.82, 2.24) is 10.6 Å². The predicted molar refractivity (Wildman–Crippen MR) is 105 cm³/mol. The summed E-state index contributed by atoms with van der Waals surface area (Å²) in [5.41, 5.74) is 4.95.